The van der Waals surface area contributed by atoms with Crippen molar-refractivity contribution in [1.82, 2.24) is 20.8 Å². The fraction of sp³-hybridized carbons (Fsp3) is 0.458. The largest absolute Gasteiger partial charge is 0.484 e. The van der Waals surface area contributed by atoms with Crippen LogP contribution in [0.5, 0.6) is 5.75 Å². The highest BCUT2D eigenvalue weighted by atomic mass is 19.4. The Morgan fingerprint density at radius 2 is 1.97 bits per heavy atom. The second-order valence-corrected chi connectivity index (χ2v) is 9.61. The zero-order valence-electron chi connectivity index (χ0n) is 20.0. The number of dihydropyridines is 1. The standard InChI is InChI=1S/C24H26F4N4O4/c1-14-4-5-16(7-18(14)25)34-10-19(33)30-23(3)12-22(2,13-23)21-32-31-20(36-21)11-35-17-6-15(8-29-9-17)24(26,27)28/h4-7,9,29H,8,10-13H2,1-3H3,(H,30,33). The number of amides is 1. The number of ether oxygens (including phenoxy) is 2. The van der Waals surface area contributed by atoms with Crippen LogP contribution in [-0.2, 0) is 21.6 Å². The number of alkyl halides is 3. The van der Waals surface area contributed by atoms with Gasteiger partial charge < -0.3 is 24.5 Å². The molecule has 194 valence electrons. The number of allylic oxidation sites excluding steroid dienone is 1. The first-order chi connectivity index (χ1) is 16.9. The molecule has 1 amide bonds. The molecule has 0 atom stereocenters. The zero-order chi connectivity index (χ0) is 26.1. The van der Waals surface area contributed by atoms with E-state index in [9.17, 15) is 22.4 Å². The lowest BCUT2D eigenvalue weighted by atomic mass is 9.59. The number of halogens is 4. The Balaban J connectivity index is 1.27. The Kier molecular flexibility index (Phi) is 6.72. The van der Waals surface area contributed by atoms with Gasteiger partial charge in [0.25, 0.3) is 11.8 Å². The summed E-state index contributed by atoms with van der Waals surface area (Å²) in [5.41, 5.74) is -1.29. The molecular formula is C24H26F4N4O4. The Labute approximate surface area is 204 Å². The van der Waals surface area contributed by atoms with Crippen molar-refractivity contribution in [2.45, 2.75) is 57.3 Å². The van der Waals surface area contributed by atoms with E-state index in [4.69, 9.17) is 13.9 Å². The molecule has 2 heterocycles. The van der Waals surface area contributed by atoms with Crippen molar-refractivity contribution < 1.29 is 36.2 Å². The molecule has 2 aromatic rings. The quantitative estimate of drug-likeness (QED) is 0.519. The Morgan fingerprint density at radius 1 is 1.22 bits per heavy atom. The van der Waals surface area contributed by atoms with Crippen LogP contribution in [0.1, 0.15) is 44.0 Å². The fourth-order valence-corrected chi connectivity index (χ4v) is 4.59. The van der Waals surface area contributed by atoms with Crippen molar-refractivity contribution >= 4 is 5.91 Å². The molecule has 36 heavy (non-hydrogen) atoms. The second kappa shape index (κ2) is 9.47. The van der Waals surface area contributed by atoms with Crippen molar-refractivity contribution in [3.63, 3.8) is 0 Å². The normalized spacial score (nSPS) is 23.6. The lowest BCUT2D eigenvalue weighted by Crippen LogP contribution is -2.61. The van der Waals surface area contributed by atoms with Gasteiger partial charge in [-0.3, -0.25) is 4.79 Å². The maximum Gasteiger partial charge on any atom is 0.414 e. The van der Waals surface area contributed by atoms with Crippen molar-refractivity contribution in [2.24, 2.45) is 0 Å². The lowest BCUT2D eigenvalue weighted by molar-refractivity contribution is -0.127. The SMILES string of the molecule is Cc1ccc(OCC(=O)NC2(C)CC(C)(c3nnc(COC4=CNCC(C(F)(F)F)=C4)o3)C2)cc1F. The maximum absolute atomic E-state index is 13.6. The lowest BCUT2D eigenvalue weighted by Gasteiger charge is -2.51. The van der Waals surface area contributed by atoms with Crippen LogP contribution in [0.15, 0.2) is 46.2 Å². The van der Waals surface area contributed by atoms with Crippen molar-refractivity contribution in [2.75, 3.05) is 13.2 Å². The highest BCUT2D eigenvalue weighted by Gasteiger charge is 2.53. The summed E-state index contributed by atoms with van der Waals surface area (Å²) < 4.78 is 68.7. The molecule has 12 heteroatoms. The number of hydrogen-bond donors (Lipinski definition) is 2. The topological polar surface area (TPSA) is 98.5 Å². The average Bonchev–Trinajstić information content (AvgIpc) is 3.27. The van der Waals surface area contributed by atoms with Gasteiger partial charge in [0.2, 0.25) is 5.89 Å². The van der Waals surface area contributed by atoms with E-state index in [1.165, 1.54) is 12.3 Å². The van der Waals surface area contributed by atoms with Crippen LogP contribution < -0.4 is 15.4 Å². The molecule has 4 rings (SSSR count). The van der Waals surface area contributed by atoms with E-state index in [-0.39, 0.29) is 43.1 Å². The summed E-state index contributed by atoms with van der Waals surface area (Å²) in [4.78, 5) is 12.4. The zero-order valence-corrected chi connectivity index (χ0v) is 20.0. The van der Waals surface area contributed by atoms with Gasteiger partial charge in [0.05, 0.1) is 11.0 Å². The van der Waals surface area contributed by atoms with E-state index < -0.39 is 28.5 Å². The number of carbonyl (C=O) groups is 1. The van der Waals surface area contributed by atoms with Gasteiger partial charge in [-0.05, 0) is 44.4 Å². The van der Waals surface area contributed by atoms with Gasteiger partial charge in [0, 0.05) is 24.4 Å². The third-order valence-corrected chi connectivity index (χ3v) is 6.08. The summed E-state index contributed by atoms with van der Waals surface area (Å²) in [6.45, 7) is 4.65. The van der Waals surface area contributed by atoms with E-state index in [2.05, 4.69) is 20.8 Å². The second-order valence-electron chi connectivity index (χ2n) is 9.61. The molecule has 1 aliphatic carbocycles. The number of carbonyl (C=O) groups excluding carboxylic acids is 1. The summed E-state index contributed by atoms with van der Waals surface area (Å²) in [7, 11) is 0. The molecule has 1 saturated carbocycles. The minimum absolute atomic E-state index is 0.00839. The first-order valence-electron chi connectivity index (χ1n) is 11.2. The van der Waals surface area contributed by atoms with Gasteiger partial charge in [-0.2, -0.15) is 13.2 Å². The molecule has 0 unspecified atom stereocenters. The Morgan fingerprint density at radius 3 is 2.67 bits per heavy atom. The molecule has 1 aliphatic heterocycles. The smallest absolute Gasteiger partial charge is 0.414 e. The van der Waals surface area contributed by atoms with E-state index >= 15 is 0 Å². The van der Waals surface area contributed by atoms with E-state index in [0.717, 1.165) is 6.08 Å². The van der Waals surface area contributed by atoms with Crippen LogP contribution in [0.4, 0.5) is 17.6 Å². The maximum atomic E-state index is 13.6. The van der Waals surface area contributed by atoms with Gasteiger partial charge in [-0.25, -0.2) is 4.39 Å². The average molecular weight is 510 g/mol. The number of nitrogens with one attached hydrogen (secondary N) is 2. The first kappa shape index (κ1) is 25.5. The van der Waals surface area contributed by atoms with Crippen LogP contribution in [0.3, 0.4) is 0 Å². The predicted octanol–water partition coefficient (Wildman–Crippen LogP) is 3.97. The van der Waals surface area contributed by atoms with Crippen LogP contribution in [0.25, 0.3) is 0 Å². The van der Waals surface area contributed by atoms with Crippen LogP contribution >= 0.6 is 0 Å². The third kappa shape index (κ3) is 5.80. The van der Waals surface area contributed by atoms with Gasteiger partial charge in [0.15, 0.2) is 13.2 Å². The number of nitrogens with zero attached hydrogens (tertiary/aromatic N) is 2. The number of benzene rings is 1. The molecule has 1 aromatic heterocycles. The summed E-state index contributed by atoms with van der Waals surface area (Å²) in [5.74, 6) is -0.0108. The fourth-order valence-electron chi connectivity index (χ4n) is 4.59. The Bertz CT molecular complexity index is 1200. The predicted molar refractivity (Wildman–Crippen MR) is 119 cm³/mol. The molecule has 1 aromatic carbocycles. The molecule has 2 N–H and O–H groups in total. The summed E-state index contributed by atoms with van der Waals surface area (Å²) >= 11 is 0. The van der Waals surface area contributed by atoms with E-state index in [0.29, 0.717) is 24.3 Å². The molecule has 0 bridgehead atoms. The van der Waals surface area contributed by atoms with E-state index in [1.807, 2.05) is 13.8 Å². The summed E-state index contributed by atoms with van der Waals surface area (Å²) in [5, 5.41) is 13.4. The third-order valence-electron chi connectivity index (χ3n) is 6.08. The minimum Gasteiger partial charge on any atom is -0.484 e. The number of hydrogen-bond acceptors (Lipinski definition) is 7. The Hall–Kier alpha value is -3.57. The highest BCUT2D eigenvalue weighted by Crippen LogP contribution is 2.49. The molecule has 8 nitrogen and oxygen atoms in total. The number of aromatic nitrogens is 2. The molecule has 0 saturated heterocycles. The van der Waals surface area contributed by atoms with Crippen molar-refractivity contribution in [3.05, 3.63) is 65.0 Å². The van der Waals surface area contributed by atoms with Crippen molar-refractivity contribution in [3.8, 4) is 5.75 Å². The minimum atomic E-state index is -4.45. The van der Waals surface area contributed by atoms with Crippen LogP contribution in [-0.4, -0.2) is 41.0 Å². The number of rotatable bonds is 8. The van der Waals surface area contributed by atoms with Gasteiger partial charge >= 0.3 is 6.18 Å². The molecule has 2 aliphatic rings. The van der Waals surface area contributed by atoms with Crippen LogP contribution in [0, 0.1) is 12.7 Å². The molecule has 0 radical (unpaired) electrons. The first-order valence-corrected chi connectivity index (χ1v) is 11.2. The van der Waals surface area contributed by atoms with Gasteiger partial charge in [-0.1, -0.05) is 13.0 Å². The van der Waals surface area contributed by atoms with Gasteiger partial charge in [-0.15, -0.1) is 10.2 Å². The molecule has 0 spiro atoms. The monoisotopic (exact) mass is 510 g/mol. The summed E-state index contributed by atoms with van der Waals surface area (Å²) in [6, 6.07) is 4.40. The van der Waals surface area contributed by atoms with Crippen LogP contribution in [0.2, 0.25) is 0 Å². The van der Waals surface area contributed by atoms with Gasteiger partial charge in [0.1, 0.15) is 17.3 Å². The number of aryl methyl sites for hydroxylation is 1. The molecular weight excluding hydrogens is 484 g/mol. The highest BCUT2D eigenvalue weighted by molar-refractivity contribution is 5.78. The van der Waals surface area contributed by atoms with E-state index in [1.54, 1.807) is 19.1 Å². The van der Waals surface area contributed by atoms with Crippen molar-refractivity contribution in [1.29, 1.82) is 0 Å². The molecule has 1 fully saturated rings. The summed E-state index contributed by atoms with van der Waals surface area (Å²) in [6.07, 6.45) is -1.15.